The monoisotopic (exact) mass is 655 g/mol. The second kappa shape index (κ2) is 9.80. The number of benzene rings is 7. The van der Waals surface area contributed by atoms with E-state index in [1.807, 2.05) is 0 Å². The van der Waals surface area contributed by atoms with Gasteiger partial charge in [-0.25, -0.2) is 0 Å². The summed E-state index contributed by atoms with van der Waals surface area (Å²) in [5, 5.41) is 2.64. The molecule has 8 aromatic rings. The van der Waals surface area contributed by atoms with Gasteiger partial charge in [-0.1, -0.05) is 119 Å². The largest absolute Gasteiger partial charge is 0.309 e. The molecule has 3 heterocycles. The molecule has 0 saturated heterocycles. The maximum atomic E-state index is 2.55. The lowest BCUT2D eigenvalue weighted by Gasteiger charge is -2.43. The third-order valence-electron chi connectivity index (χ3n) is 12.0. The van der Waals surface area contributed by atoms with E-state index < -0.39 is 0 Å². The quantitative estimate of drug-likeness (QED) is 0.184. The fraction of sp³-hybridized carbons (Fsp3) is 0.125. The Morgan fingerprint density at radius 3 is 1.78 bits per heavy atom. The second-order valence-electron chi connectivity index (χ2n) is 15.4. The first-order valence-electron chi connectivity index (χ1n) is 18.0. The normalized spacial score (nSPS) is 15.7. The van der Waals surface area contributed by atoms with Crippen molar-refractivity contribution in [2.24, 2.45) is 0 Å². The Morgan fingerprint density at radius 1 is 0.412 bits per heavy atom. The molecule has 3 nitrogen and oxygen atoms in total. The van der Waals surface area contributed by atoms with Gasteiger partial charge in [0.05, 0.1) is 39.5 Å². The molecule has 7 aromatic carbocycles. The van der Waals surface area contributed by atoms with E-state index in [2.05, 4.69) is 194 Å². The minimum Gasteiger partial charge on any atom is -0.309 e. The summed E-state index contributed by atoms with van der Waals surface area (Å²) < 4.78 is 2.55. The van der Waals surface area contributed by atoms with Crippen LogP contribution in [0.25, 0.3) is 38.6 Å². The zero-order valence-electron chi connectivity index (χ0n) is 29.3. The summed E-state index contributed by atoms with van der Waals surface area (Å²) in [7, 11) is 0. The first kappa shape index (κ1) is 28.7. The van der Waals surface area contributed by atoms with Gasteiger partial charge in [-0.3, -0.25) is 0 Å². The van der Waals surface area contributed by atoms with Crippen LogP contribution < -0.4 is 9.80 Å². The van der Waals surface area contributed by atoms with Crippen LogP contribution in [0, 0.1) is 0 Å². The molecule has 3 heteroatoms. The molecule has 0 bridgehead atoms. The second-order valence-corrected chi connectivity index (χ2v) is 15.4. The Labute approximate surface area is 298 Å². The molecule has 2 aliphatic heterocycles. The van der Waals surface area contributed by atoms with Crippen LogP contribution in [0.1, 0.15) is 49.9 Å². The maximum absolute atomic E-state index is 2.55. The predicted octanol–water partition coefficient (Wildman–Crippen LogP) is 13.0. The molecule has 1 aliphatic carbocycles. The van der Waals surface area contributed by atoms with Crippen LogP contribution in [-0.2, 0) is 10.8 Å². The topological polar surface area (TPSA) is 11.4 Å². The van der Waals surface area contributed by atoms with Gasteiger partial charge < -0.3 is 14.4 Å². The van der Waals surface area contributed by atoms with E-state index in [0.29, 0.717) is 0 Å². The number of hydrogen-bond donors (Lipinski definition) is 0. The Bertz CT molecular complexity index is 2750. The van der Waals surface area contributed by atoms with E-state index in [4.69, 9.17) is 0 Å². The van der Waals surface area contributed by atoms with Gasteiger partial charge in [0.25, 0.3) is 0 Å². The third kappa shape index (κ3) is 3.58. The summed E-state index contributed by atoms with van der Waals surface area (Å²) in [5.74, 6) is 0. The number of rotatable bonds is 2. The molecule has 0 atom stereocenters. The van der Waals surface area contributed by atoms with Crippen LogP contribution in [0.2, 0.25) is 0 Å². The summed E-state index contributed by atoms with van der Waals surface area (Å²) in [6.07, 6.45) is 0. The highest BCUT2D eigenvalue weighted by atomic mass is 15.3. The van der Waals surface area contributed by atoms with Crippen molar-refractivity contribution in [1.82, 2.24) is 4.57 Å². The fourth-order valence-corrected chi connectivity index (χ4v) is 9.70. The van der Waals surface area contributed by atoms with E-state index in [0.717, 1.165) is 11.4 Å². The smallest absolute Gasteiger partial charge is 0.0750 e. The molecule has 11 rings (SSSR count). The number of hydrogen-bond acceptors (Lipinski definition) is 2. The number of nitrogens with zero attached hydrogens (tertiary/aromatic N) is 3. The van der Waals surface area contributed by atoms with Crippen LogP contribution in [-0.4, -0.2) is 4.57 Å². The van der Waals surface area contributed by atoms with Gasteiger partial charge in [0.2, 0.25) is 0 Å². The number of para-hydroxylation sites is 6. The zero-order chi connectivity index (χ0) is 34.2. The fourth-order valence-electron chi connectivity index (χ4n) is 9.70. The van der Waals surface area contributed by atoms with Crippen molar-refractivity contribution in [3.05, 3.63) is 174 Å². The zero-order valence-corrected chi connectivity index (χ0v) is 29.3. The summed E-state index contributed by atoms with van der Waals surface area (Å²) in [6.45, 7) is 9.69. The van der Waals surface area contributed by atoms with Crippen LogP contribution in [0.5, 0.6) is 0 Å². The summed E-state index contributed by atoms with van der Waals surface area (Å²) in [4.78, 5) is 4.97. The molecule has 1 aromatic heterocycles. The van der Waals surface area contributed by atoms with E-state index in [-0.39, 0.29) is 10.8 Å². The van der Waals surface area contributed by atoms with Crippen LogP contribution >= 0.6 is 0 Å². The van der Waals surface area contributed by atoms with Gasteiger partial charge in [0, 0.05) is 33.0 Å². The molecule has 0 saturated carbocycles. The minimum absolute atomic E-state index is 0.172. The van der Waals surface area contributed by atoms with Crippen molar-refractivity contribution < 1.29 is 0 Å². The van der Waals surface area contributed by atoms with Crippen molar-refractivity contribution in [1.29, 1.82) is 0 Å². The van der Waals surface area contributed by atoms with Gasteiger partial charge in [-0.05, 0) is 94.0 Å². The van der Waals surface area contributed by atoms with Crippen molar-refractivity contribution >= 4 is 55.9 Å². The molecule has 0 amide bonds. The first-order chi connectivity index (χ1) is 24.9. The highest BCUT2D eigenvalue weighted by molar-refractivity contribution is 6.12. The van der Waals surface area contributed by atoms with Crippen molar-refractivity contribution in [3.8, 4) is 16.8 Å². The van der Waals surface area contributed by atoms with Crippen molar-refractivity contribution in [2.45, 2.75) is 38.5 Å². The molecule has 0 unspecified atom stereocenters. The third-order valence-corrected chi connectivity index (χ3v) is 12.0. The van der Waals surface area contributed by atoms with Gasteiger partial charge in [0.1, 0.15) is 0 Å². The maximum Gasteiger partial charge on any atom is 0.0750 e. The van der Waals surface area contributed by atoms with E-state index in [1.165, 1.54) is 83.6 Å². The summed E-state index contributed by atoms with van der Waals surface area (Å²) >= 11 is 0. The van der Waals surface area contributed by atoms with Crippen LogP contribution in [0.3, 0.4) is 0 Å². The van der Waals surface area contributed by atoms with Crippen LogP contribution in [0.4, 0.5) is 34.1 Å². The molecular formula is C48H37N3. The Hall–Kier alpha value is -6.06. The lowest BCUT2D eigenvalue weighted by atomic mass is 9.73. The molecule has 0 spiro atoms. The average Bonchev–Trinajstić information content (AvgIpc) is 3.62. The molecule has 0 fully saturated rings. The number of fused-ring (bicyclic) bond motifs is 11. The SMILES string of the molecule is CC1(C)c2cc3c(cc2-c2ccc4c(c21)N(c1ccccc1)c1ccccc1N4c1ccccc1)C(C)(C)c1cccc2c4ccccc4n-3c12. The number of aromatic nitrogens is 1. The Kier molecular flexibility index (Phi) is 5.52. The van der Waals surface area contributed by atoms with Gasteiger partial charge >= 0.3 is 0 Å². The Balaban J connectivity index is 1.23. The molecule has 3 aliphatic rings. The molecule has 244 valence electrons. The van der Waals surface area contributed by atoms with Crippen molar-refractivity contribution in [3.63, 3.8) is 0 Å². The van der Waals surface area contributed by atoms with Crippen LogP contribution in [0.15, 0.2) is 152 Å². The predicted molar refractivity (Wildman–Crippen MR) is 213 cm³/mol. The van der Waals surface area contributed by atoms with E-state index >= 15 is 0 Å². The molecule has 0 radical (unpaired) electrons. The average molecular weight is 656 g/mol. The molecule has 51 heavy (non-hydrogen) atoms. The highest BCUT2D eigenvalue weighted by Gasteiger charge is 2.45. The van der Waals surface area contributed by atoms with Crippen molar-refractivity contribution in [2.75, 3.05) is 9.80 Å². The molecule has 0 N–H and O–H groups in total. The lowest BCUT2D eigenvalue weighted by Crippen LogP contribution is -2.28. The van der Waals surface area contributed by atoms with Gasteiger partial charge in [-0.2, -0.15) is 0 Å². The standard InChI is InChI=1S/C48H37N3/c1-47(2)36-22-15-21-34-32-20-11-12-23-39(32)51(45(34)36)43-29-37-35(28-38(43)47)33-26-27-42-46(44(33)48(37,3)4)50(31-18-9-6-10-19-31)41-25-14-13-24-40(41)49(42)30-16-7-5-8-17-30/h5-29H,1-4H3. The summed E-state index contributed by atoms with van der Waals surface area (Å²) in [5.41, 5.74) is 18.7. The van der Waals surface area contributed by atoms with E-state index in [1.54, 1.807) is 0 Å². The first-order valence-corrected chi connectivity index (χ1v) is 18.0. The Morgan fingerprint density at radius 2 is 1.04 bits per heavy atom. The number of anilines is 6. The summed E-state index contributed by atoms with van der Waals surface area (Å²) in [6, 6.07) is 56.2. The lowest BCUT2D eigenvalue weighted by molar-refractivity contribution is 0.625. The minimum atomic E-state index is -0.282. The molecular weight excluding hydrogens is 619 g/mol. The van der Waals surface area contributed by atoms with E-state index in [9.17, 15) is 0 Å². The van der Waals surface area contributed by atoms with Gasteiger partial charge in [0.15, 0.2) is 0 Å². The highest BCUT2D eigenvalue weighted by Crippen LogP contribution is 2.63. The van der Waals surface area contributed by atoms with Gasteiger partial charge in [-0.15, -0.1) is 0 Å².